The summed E-state index contributed by atoms with van der Waals surface area (Å²) in [5, 5.41) is 0. The van der Waals surface area contributed by atoms with E-state index in [1.165, 1.54) is 0 Å². The molecule has 0 aliphatic carbocycles. The quantitative estimate of drug-likeness (QED) is 0.800. The number of ether oxygens (including phenoxy) is 1. The molecule has 0 bridgehead atoms. The van der Waals surface area contributed by atoms with Crippen molar-refractivity contribution >= 4 is 6.29 Å². The molecule has 0 fully saturated rings. The number of hydrogen-bond acceptors (Lipinski definition) is 2. The van der Waals surface area contributed by atoms with Crippen LogP contribution < -0.4 is 4.74 Å². The second-order valence-corrected chi connectivity index (χ2v) is 3.61. The van der Waals surface area contributed by atoms with Crippen LogP contribution in [-0.4, -0.2) is 18.4 Å². The zero-order valence-electron chi connectivity index (χ0n) is 9.28. The minimum atomic E-state index is 0.700. The number of aldehydes is 1. The van der Waals surface area contributed by atoms with Crippen LogP contribution in [0.5, 0.6) is 5.75 Å². The molecule has 82 valence electrons. The molecule has 0 saturated carbocycles. The van der Waals surface area contributed by atoms with E-state index in [9.17, 15) is 4.79 Å². The van der Waals surface area contributed by atoms with Crippen LogP contribution in [-0.2, 0) is 0 Å². The van der Waals surface area contributed by atoms with E-state index in [0.717, 1.165) is 29.0 Å². The normalized spacial score (nSPS) is 10.1. The van der Waals surface area contributed by atoms with E-state index in [2.05, 4.69) is 4.98 Å². The molecule has 0 spiro atoms. The highest BCUT2D eigenvalue weighted by Crippen LogP contribution is 2.23. The maximum Gasteiger partial charge on any atom is 0.151 e. The Labute approximate surface area is 94.1 Å². The number of hydrogen-bond donors (Lipinski definition) is 1. The predicted molar refractivity (Wildman–Crippen MR) is 62.9 cm³/mol. The Kier molecular flexibility index (Phi) is 2.77. The van der Waals surface area contributed by atoms with Crippen molar-refractivity contribution in [1.29, 1.82) is 0 Å². The standard InChI is InChI=1S/C13H13NO2/c1-9-11(8-15)7-13(14-9)10-3-5-12(16-2)6-4-10/h3-8,14H,1-2H3. The molecule has 0 saturated heterocycles. The number of carbonyl (C=O) groups excluding carboxylic acids is 1. The number of methoxy groups -OCH3 is 1. The van der Waals surface area contributed by atoms with Gasteiger partial charge in [-0.2, -0.15) is 0 Å². The van der Waals surface area contributed by atoms with Gasteiger partial charge in [-0.25, -0.2) is 0 Å². The highest BCUT2D eigenvalue weighted by molar-refractivity contribution is 5.80. The lowest BCUT2D eigenvalue weighted by molar-refractivity contribution is 0.112. The number of aromatic amines is 1. The van der Waals surface area contributed by atoms with Crippen molar-refractivity contribution < 1.29 is 9.53 Å². The summed E-state index contributed by atoms with van der Waals surface area (Å²) in [6.45, 7) is 1.89. The summed E-state index contributed by atoms with van der Waals surface area (Å²) in [4.78, 5) is 13.9. The van der Waals surface area contributed by atoms with Crippen molar-refractivity contribution in [1.82, 2.24) is 4.98 Å². The monoisotopic (exact) mass is 215 g/mol. The number of aromatic nitrogens is 1. The second kappa shape index (κ2) is 4.23. The van der Waals surface area contributed by atoms with Crippen LogP contribution in [0.15, 0.2) is 30.3 Å². The first kappa shape index (κ1) is 10.5. The van der Waals surface area contributed by atoms with Gasteiger partial charge in [-0.1, -0.05) is 0 Å². The highest BCUT2D eigenvalue weighted by Gasteiger charge is 2.05. The topological polar surface area (TPSA) is 42.1 Å². The third-order valence-corrected chi connectivity index (χ3v) is 2.58. The van der Waals surface area contributed by atoms with E-state index < -0.39 is 0 Å². The van der Waals surface area contributed by atoms with Crippen molar-refractivity contribution in [2.75, 3.05) is 7.11 Å². The van der Waals surface area contributed by atoms with Gasteiger partial charge in [-0.3, -0.25) is 4.79 Å². The van der Waals surface area contributed by atoms with Crippen LogP contribution >= 0.6 is 0 Å². The van der Waals surface area contributed by atoms with E-state index in [0.29, 0.717) is 5.56 Å². The largest absolute Gasteiger partial charge is 0.497 e. The number of aryl methyl sites for hydroxylation is 1. The zero-order valence-corrected chi connectivity index (χ0v) is 9.28. The number of carbonyl (C=O) groups is 1. The van der Waals surface area contributed by atoms with Gasteiger partial charge in [0.1, 0.15) is 5.75 Å². The summed E-state index contributed by atoms with van der Waals surface area (Å²) in [5.74, 6) is 0.822. The molecule has 1 aromatic heterocycles. The van der Waals surface area contributed by atoms with E-state index in [1.54, 1.807) is 7.11 Å². The van der Waals surface area contributed by atoms with Crippen molar-refractivity contribution in [3.63, 3.8) is 0 Å². The molecule has 1 heterocycles. The minimum absolute atomic E-state index is 0.700. The smallest absolute Gasteiger partial charge is 0.151 e. The summed E-state index contributed by atoms with van der Waals surface area (Å²) in [5.41, 5.74) is 3.57. The van der Waals surface area contributed by atoms with Crippen molar-refractivity contribution in [3.05, 3.63) is 41.6 Å². The fourth-order valence-corrected chi connectivity index (χ4v) is 1.62. The van der Waals surface area contributed by atoms with Gasteiger partial charge in [0.05, 0.1) is 7.11 Å². The molecule has 0 aliphatic heterocycles. The fourth-order valence-electron chi connectivity index (χ4n) is 1.62. The van der Waals surface area contributed by atoms with Gasteiger partial charge in [-0.05, 0) is 42.8 Å². The molecule has 16 heavy (non-hydrogen) atoms. The molecule has 3 heteroatoms. The van der Waals surface area contributed by atoms with Gasteiger partial charge >= 0.3 is 0 Å². The second-order valence-electron chi connectivity index (χ2n) is 3.61. The Hall–Kier alpha value is -2.03. The number of nitrogens with one attached hydrogen (secondary N) is 1. The zero-order chi connectivity index (χ0) is 11.5. The van der Waals surface area contributed by atoms with Gasteiger partial charge in [0, 0.05) is 17.0 Å². The third-order valence-electron chi connectivity index (χ3n) is 2.58. The Morgan fingerprint density at radius 3 is 2.44 bits per heavy atom. The van der Waals surface area contributed by atoms with Gasteiger partial charge in [0.25, 0.3) is 0 Å². The van der Waals surface area contributed by atoms with Crippen LogP contribution in [0.3, 0.4) is 0 Å². The first-order chi connectivity index (χ1) is 7.74. The molecule has 2 rings (SSSR count). The molecule has 1 aromatic carbocycles. The van der Waals surface area contributed by atoms with Crippen LogP contribution in [0, 0.1) is 6.92 Å². The third kappa shape index (κ3) is 1.84. The first-order valence-corrected chi connectivity index (χ1v) is 5.04. The van der Waals surface area contributed by atoms with Crippen LogP contribution in [0.4, 0.5) is 0 Å². The molecule has 1 N–H and O–H groups in total. The number of benzene rings is 1. The van der Waals surface area contributed by atoms with Gasteiger partial charge < -0.3 is 9.72 Å². The van der Waals surface area contributed by atoms with Gasteiger partial charge in [0.2, 0.25) is 0 Å². The molecule has 2 aromatic rings. The SMILES string of the molecule is COc1ccc(-c2cc(C=O)c(C)[nH]2)cc1. The molecule has 0 radical (unpaired) electrons. The van der Waals surface area contributed by atoms with Crippen LogP contribution in [0.25, 0.3) is 11.3 Å². The van der Waals surface area contributed by atoms with Crippen molar-refractivity contribution in [2.24, 2.45) is 0 Å². The fraction of sp³-hybridized carbons (Fsp3) is 0.154. The maximum absolute atomic E-state index is 10.7. The number of rotatable bonds is 3. The molecule has 0 aliphatic rings. The van der Waals surface area contributed by atoms with E-state index in [1.807, 2.05) is 37.3 Å². The average molecular weight is 215 g/mol. The van der Waals surface area contributed by atoms with E-state index >= 15 is 0 Å². The summed E-state index contributed by atoms with van der Waals surface area (Å²) in [6.07, 6.45) is 0.860. The Bertz CT molecular complexity index is 497. The lowest BCUT2D eigenvalue weighted by Gasteiger charge is -2.01. The summed E-state index contributed by atoms with van der Waals surface area (Å²) >= 11 is 0. The minimum Gasteiger partial charge on any atom is -0.497 e. The Balaban J connectivity index is 2.38. The van der Waals surface area contributed by atoms with E-state index in [-0.39, 0.29) is 0 Å². The van der Waals surface area contributed by atoms with Gasteiger partial charge in [-0.15, -0.1) is 0 Å². The highest BCUT2D eigenvalue weighted by atomic mass is 16.5. The summed E-state index contributed by atoms with van der Waals surface area (Å²) in [6, 6.07) is 9.56. The van der Waals surface area contributed by atoms with Crippen molar-refractivity contribution in [2.45, 2.75) is 6.92 Å². The van der Waals surface area contributed by atoms with Crippen LogP contribution in [0.1, 0.15) is 16.1 Å². The molecular formula is C13H13NO2. The lowest BCUT2D eigenvalue weighted by atomic mass is 10.1. The first-order valence-electron chi connectivity index (χ1n) is 5.04. The Morgan fingerprint density at radius 2 is 1.94 bits per heavy atom. The molecule has 0 atom stereocenters. The summed E-state index contributed by atoms with van der Waals surface area (Å²) < 4.78 is 5.09. The van der Waals surface area contributed by atoms with Crippen molar-refractivity contribution in [3.8, 4) is 17.0 Å². The average Bonchev–Trinajstić information content (AvgIpc) is 2.71. The maximum atomic E-state index is 10.7. The molecule has 0 amide bonds. The lowest BCUT2D eigenvalue weighted by Crippen LogP contribution is -1.82. The molecular weight excluding hydrogens is 202 g/mol. The van der Waals surface area contributed by atoms with Crippen LogP contribution in [0.2, 0.25) is 0 Å². The van der Waals surface area contributed by atoms with E-state index in [4.69, 9.17) is 4.74 Å². The summed E-state index contributed by atoms with van der Waals surface area (Å²) in [7, 11) is 1.64. The number of H-pyrrole nitrogens is 1. The van der Waals surface area contributed by atoms with Gasteiger partial charge in [0.15, 0.2) is 6.29 Å². The molecule has 0 unspecified atom stereocenters. The predicted octanol–water partition coefficient (Wildman–Crippen LogP) is 2.81. The molecule has 3 nitrogen and oxygen atoms in total. The Morgan fingerprint density at radius 1 is 1.25 bits per heavy atom.